The highest BCUT2D eigenvalue weighted by Gasteiger charge is 2.11. The highest BCUT2D eigenvalue weighted by atomic mass is 32.1. The summed E-state index contributed by atoms with van der Waals surface area (Å²) in [6, 6.07) is 0. The van der Waals surface area contributed by atoms with Gasteiger partial charge in [0.05, 0.1) is 19.0 Å². The van der Waals surface area contributed by atoms with E-state index in [0.29, 0.717) is 0 Å². The molecular weight excluding hydrogens is 146 g/mol. The van der Waals surface area contributed by atoms with Crippen LogP contribution in [0.4, 0.5) is 0 Å². The van der Waals surface area contributed by atoms with Crippen molar-refractivity contribution in [1.29, 1.82) is 0 Å². The maximum Gasteiger partial charge on any atom is 0.0863 e. The fraction of sp³-hybridized carbons (Fsp3) is 0.667. The number of nitrogens with two attached hydrogens (primary N) is 1. The zero-order chi connectivity index (χ0) is 7.40. The summed E-state index contributed by atoms with van der Waals surface area (Å²) < 4.78 is 0. The lowest BCUT2D eigenvalue weighted by molar-refractivity contribution is 0.361. The van der Waals surface area contributed by atoms with Gasteiger partial charge in [0.15, 0.2) is 0 Å². The van der Waals surface area contributed by atoms with E-state index in [1.165, 1.54) is 0 Å². The second-order valence-electron chi connectivity index (χ2n) is 2.23. The molecule has 1 unspecified atom stereocenters. The average molecular weight is 157 g/mol. The molecule has 0 radical (unpaired) electrons. The monoisotopic (exact) mass is 157 g/mol. The molecule has 0 aromatic carbocycles. The summed E-state index contributed by atoms with van der Waals surface area (Å²) in [5, 5.41) is 1.66. The Morgan fingerprint density at radius 2 is 2.70 bits per heavy atom. The Morgan fingerprint density at radius 1 is 1.90 bits per heavy atom. The molecule has 10 heavy (non-hydrogen) atoms. The van der Waals surface area contributed by atoms with Crippen molar-refractivity contribution < 1.29 is 0 Å². The summed E-state index contributed by atoms with van der Waals surface area (Å²) in [4.78, 5) is 6.04. The van der Waals surface area contributed by atoms with Crippen molar-refractivity contribution in [2.24, 2.45) is 10.7 Å². The number of hydrogen-bond acceptors (Lipinski definition) is 4. The second-order valence-corrected chi connectivity index (χ2v) is 2.56. The van der Waals surface area contributed by atoms with E-state index in [0.717, 1.165) is 19.5 Å². The number of thiocarbonyl (C=S) groups is 1. The van der Waals surface area contributed by atoms with Crippen LogP contribution in [0.15, 0.2) is 4.99 Å². The molecule has 0 saturated carbocycles. The van der Waals surface area contributed by atoms with Crippen LogP contribution in [0.5, 0.6) is 0 Å². The van der Waals surface area contributed by atoms with Crippen molar-refractivity contribution in [3.63, 3.8) is 0 Å². The Hall–Kier alpha value is -0.480. The van der Waals surface area contributed by atoms with Gasteiger partial charge in [-0.15, -0.1) is 0 Å². The Morgan fingerprint density at radius 3 is 3.20 bits per heavy atom. The Bertz CT molecular complexity index is 146. The highest BCUT2D eigenvalue weighted by Crippen LogP contribution is 1.98. The van der Waals surface area contributed by atoms with Gasteiger partial charge in [-0.3, -0.25) is 4.99 Å². The van der Waals surface area contributed by atoms with Gasteiger partial charge in [0.25, 0.3) is 0 Å². The van der Waals surface area contributed by atoms with E-state index in [4.69, 9.17) is 5.73 Å². The SMILES string of the molecule is NC(CC=S)N1C=NCC1. The predicted octanol–water partition coefficient (Wildman–Crippen LogP) is 0.00490. The van der Waals surface area contributed by atoms with Crippen molar-refractivity contribution in [1.82, 2.24) is 4.90 Å². The van der Waals surface area contributed by atoms with Gasteiger partial charge in [0.1, 0.15) is 0 Å². The molecule has 1 aliphatic rings. The molecule has 0 fully saturated rings. The molecule has 1 atom stereocenters. The molecule has 0 bridgehead atoms. The zero-order valence-electron chi connectivity index (χ0n) is 5.73. The molecule has 2 N–H and O–H groups in total. The summed E-state index contributed by atoms with van der Waals surface area (Å²) in [6.45, 7) is 1.80. The Labute approximate surface area is 65.9 Å². The topological polar surface area (TPSA) is 41.6 Å². The summed E-state index contributed by atoms with van der Waals surface area (Å²) in [5.74, 6) is 0. The molecule has 0 aromatic heterocycles. The summed E-state index contributed by atoms with van der Waals surface area (Å²) >= 11 is 4.69. The fourth-order valence-electron chi connectivity index (χ4n) is 0.879. The van der Waals surface area contributed by atoms with Crippen molar-refractivity contribution in [3.8, 4) is 0 Å². The molecule has 1 aliphatic heterocycles. The minimum absolute atomic E-state index is 0.0312. The van der Waals surface area contributed by atoms with Gasteiger partial charge in [-0.25, -0.2) is 0 Å². The van der Waals surface area contributed by atoms with E-state index in [2.05, 4.69) is 17.2 Å². The smallest absolute Gasteiger partial charge is 0.0863 e. The average Bonchev–Trinajstić information content (AvgIpc) is 2.38. The molecule has 56 valence electrons. The molecule has 3 nitrogen and oxygen atoms in total. The molecule has 1 heterocycles. The first-order valence-corrected chi connectivity index (χ1v) is 3.76. The highest BCUT2D eigenvalue weighted by molar-refractivity contribution is 7.78. The van der Waals surface area contributed by atoms with Crippen LogP contribution < -0.4 is 5.73 Å². The first kappa shape index (κ1) is 7.63. The maximum atomic E-state index is 5.73. The minimum atomic E-state index is 0.0312. The first-order chi connectivity index (χ1) is 4.84. The van der Waals surface area contributed by atoms with E-state index in [1.54, 1.807) is 11.7 Å². The third-order valence-electron chi connectivity index (χ3n) is 1.48. The third kappa shape index (κ3) is 1.75. The first-order valence-electron chi connectivity index (χ1n) is 3.29. The Kier molecular flexibility index (Phi) is 2.77. The van der Waals surface area contributed by atoms with Gasteiger partial charge in [0.2, 0.25) is 0 Å². The van der Waals surface area contributed by atoms with Crippen molar-refractivity contribution in [2.45, 2.75) is 12.6 Å². The van der Waals surface area contributed by atoms with Gasteiger partial charge < -0.3 is 10.6 Å². The molecule has 0 saturated heterocycles. The van der Waals surface area contributed by atoms with Crippen LogP contribution in [0.3, 0.4) is 0 Å². The molecule has 0 aromatic rings. The van der Waals surface area contributed by atoms with Crippen LogP contribution >= 0.6 is 12.2 Å². The van der Waals surface area contributed by atoms with Gasteiger partial charge in [-0.05, 0) is 5.37 Å². The Balaban J connectivity index is 2.32. The molecule has 0 spiro atoms. The van der Waals surface area contributed by atoms with Crippen LogP contribution in [0.1, 0.15) is 6.42 Å². The summed E-state index contributed by atoms with van der Waals surface area (Å²) in [5.41, 5.74) is 5.73. The summed E-state index contributed by atoms with van der Waals surface area (Å²) in [7, 11) is 0. The van der Waals surface area contributed by atoms with Gasteiger partial charge >= 0.3 is 0 Å². The number of hydrogen-bond donors (Lipinski definition) is 1. The lowest BCUT2D eigenvalue weighted by Crippen LogP contribution is -2.40. The molecule has 1 rings (SSSR count). The fourth-order valence-corrected chi connectivity index (χ4v) is 1.08. The van der Waals surface area contributed by atoms with E-state index < -0.39 is 0 Å². The lowest BCUT2D eigenvalue weighted by Gasteiger charge is -2.20. The normalized spacial score (nSPS) is 19.5. The molecule has 0 amide bonds. The summed E-state index contributed by atoms with van der Waals surface area (Å²) in [6.07, 6.45) is 2.58. The van der Waals surface area contributed by atoms with Gasteiger partial charge in [0, 0.05) is 13.0 Å². The third-order valence-corrected chi connectivity index (χ3v) is 1.67. The van der Waals surface area contributed by atoms with Crippen molar-refractivity contribution >= 4 is 23.9 Å². The largest absolute Gasteiger partial charge is 0.345 e. The van der Waals surface area contributed by atoms with Crippen LogP contribution in [0.2, 0.25) is 0 Å². The second kappa shape index (κ2) is 3.63. The quantitative estimate of drug-likeness (QED) is 0.586. The number of aliphatic imine (C=N–C) groups is 1. The van der Waals surface area contributed by atoms with E-state index in [9.17, 15) is 0 Å². The van der Waals surface area contributed by atoms with Crippen molar-refractivity contribution in [2.75, 3.05) is 13.1 Å². The van der Waals surface area contributed by atoms with E-state index in [1.807, 2.05) is 4.90 Å². The minimum Gasteiger partial charge on any atom is -0.345 e. The zero-order valence-corrected chi connectivity index (χ0v) is 6.55. The number of rotatable bonds is 3. The number of nitrogens with zero attached hydrogens (tertiary/aromatic N) is 2. The van der Waals surface area contributed by atoms with Crippen LogP contribution in [-0.4, -0.2) is 35.9 Å². The van der Waals surface area contributed by atoms with Gasteiger partial charge in [-0.2, -0.15) is 0 Å². The van der Waals surface area contributed by atoms with E-state index in [-0.39, 0.29) is 6.17 Å². The maximum absolute atomic E-state index is 5.73. The van der Waals surface area contributed by atoms with Crippen LogP contribution in [0, 0.1) is 0 Å². The lowest BCUT2D eigenvalue weighted by atomic mass is 10.3. The van der Waals surface area contributed by atoms with Crippen LogP contribution in [-0.2, 0) is 0 Å². The predicted molar refractivity (Wildman–Crippen MR) is 46.3 cm³/mol. The standard InChI is InChI=1S/C6H11N3S/c7-6(1-4-10)9-3-2-8-5-9/h4-6H,1-3,7H2. The van der Waals surface area contributed by atoms with Gasteiger partial charge in [-0.1, -0.05) is 12.2 Å². The molecule has 0 aliphatic carbocycles. The van der Waals surface area contributed by atoms with E-state index >= 15 is 0 Å². The molecule has 4 heteroatoms. The molecular formula is C6H11N3S. The van der Waals surface area contributed by atoms with Crippen molar-refractivity contribution in [3.05, 3.63) is 0 Å². The van der Waals surface area contributed by atoms with Crippen LogP contribution in [0.25, 0.3) is 0 Å².